The molecule has 87 heavy (non-hydrogen) atoms. The van der Waals surface area contributed by atoms with E-state index in [1.54, 1.807) is 20.8 Å². The topological polar surface area (TPSA) is 162 Å². The monoisotopic (exact) mass is 1360 g/mol. The molecule has 1 aliphatic carbocycles. The first-order valence-corrected chi connectivity index (χ1v) is 26.5. The van der Waals surface area contributed by atoms with E-state index in [0.29, 0.717) is 31.1 Å². The molecule has 0 radical (unpaired) electrons. The van der Waals surface area contributed by atoms with Crippen LogP contribution in [0.1, 0.15) is 164 Å². The molecule has 0 aliphatic heterocycles. The first-order chi connectivity index (χ1) is 38.4. The number of unbranched alkanes of at least 4 members (excludes halogenated alkanes) is 6. The Labute approximate surface area is 480 Å². The second kappa shape index (κ2) is 33.4. The summed E-state index contributed by atoms with van der Waals surface area (Å²) in [5.74, 6) is -104. The van der Waals surface area contributed by atoms with Crippen LogP contribution >= 0.6 is 0 Å². The summed E-state index contributed by atoms with van der Waals surface area (Å²) >= 11 is 0. The van der Waals surface area contributed by atoms with Gasteiger partial charge >= 0.3 is 83.4 Å². The predicted octanol–water partition coefficient (Wildman–Crippen LogP) is 15.4. The Bertz CT molecular complexity index is 1810. The fraction of sp³-hybridized carbons (Fsp3) is 1.00. The quantitative estimate of drug-likeness (QED) is 0.0244. The molecule has 0 spiro atoms. The van der Waals surface area contributed by atoms with Gasteiger partial charge in [-0.25, -0.2) is 0 Å². The zero-order chi connectivity index (χ0) is 70.2. The smallest absolute Gasteiger partial charge is 0.393 e. The van der Waals surface area contributed by atoms with Gasteiger partial charge in [0.15, 0.2) is 0 Å². The average Bonchev–Trinajstić information content (AvgIpc) is 0.740. The minimum absolute atomic E-state index is 0.289. The molecule has 8 unspecified atom stereocenters. The number of aliphatic hydroxyl groups is 8. The van der Waals surface area contributed by atoms with E-state index in [1.807, 2.05) is 0 Å². The maximum atomic E-state index is 13.8. The lowest BCUT2D eigenvalue weighted by Crippen LogP contribution is -2.74. The SMILES string of the molecule is CC(C)CC(O)CC(C)O.CC(O)CC(O)CC1CCCCC1.CCCCCCCCCC(O)CC(C)O.OC(CC(O)C(F)(F)C(F)(F)C(F)(F)C(F)(F)C(F)(F)C(F)(F)C(F)(F)F)C(F)(F)C(F)(F)C(F)(F)C(F)(F)C(F)(F)C(F)(F)C(F)(F)F. The molecule has 0 heterocycles. The average molecular weight is 1360 g/mol. The van der Waals surface area contributed by atoms with Gasteiger partial charge in [-0.1, -0.05) is 97.8 Å². The molecular weight excluding hydrogens is 1290 g/mol. The molecule has 1 rings (SSSR count). The molecule has 0 bridgehead atoms. The lowest BCUT2D eigenvalue weighted by atomic mass is 9.84. The number of alkyl halides is 30. The Morgan fingerprint density at radius 2 is 0.586 bits per heavy atom. The van der Waals surface area contributed by atoms with Gasteiger partial charge in [-0.05, 0) is 71.1 Å². The van der Waals surface area contributed by atoms with Crippen LogP contribution in [-0.2, 0) is 0 Å². The van der Waals surface area contributed by atoms with Crippen molar-refractivity contribution in [3.63, 3.8) is 0 Å². The zero-order valence-electron chi connectivity index (χ0n) is 47.1. The number of halogens is 30. The first-order valence-electron chi connectivity index (χ1n) is 26.5. The van der Waals surface area contributed by atoms with Crippen LogP contribution in [0.15, 0.2) is 0 Å². The van der Waals surface area contributed by atoms with Crippen LogP contribution in [-0.4, -0.2) is 173 Å². The third-order valence-corrected chi connectivity index (χ3v) is 13.0. The normalized spacial score (nSPS) is 18.4. The fourth-order valence-corrected chi connectivity index (χ4v) is 8.06. The van der Waals surface area contributed by atoms with E-state index < -0.39 is 102 Å². The maximum absolute atomic E-state index is 13.8. The Hall–Kier alpha value is -2.42. The van der Waals surface area contributed by atoms with Crippen LogP contribution in [0.25, 0.3) is 0 Å². The second-order valence-corrected chi connectivity index (χ2v) is 21.7. The van der Waals surface area contributed by atoms with Crippen LogP contribution in [0.5, 0.6) is 0 Å². The number of aliphatic hydroxyl groups excluding tert-OH is 8. The molecule has 8 nitrogen and oxygen atoms in total. The van der Waals surface area contributed by atoms with E-state index in [0.717, 1.165) is 25.7 Å². The van der Waals surface area contributed by atoms with Gasteiger partial charge in [-0.15, -0.1) is 0 Å². The lowest BCUT2D eigenvalue weighted by Gasteiger charge is -2.43. The number of rotatable bonds is 32. The van der Waals surface area contributed by atoms with Crippen molar-refractivity contribution in [3.8, 4) is 0 Å². The largest absolute Gasteiger partial charge is 0.460 e. The Morgan fingerprint density at radius 3 is 0.885 bits per heavy atom. The van der Waals surface area contributed by atoms with E-state index in [4.69, 9.17) is 25.5 Å². The molecule has 0 saturated heterocycles. The molecule has 1 saturated carbocycles. The summed E-state index contributed by atoms with van der Waals surface area (Å²) in [6.07, 6.45) is -14.8. The zero-order valence-corrected chi connectivity index (χ0v) is 47.1. The van der Waals surface area contributed by atoms with Gasteiger partial charge in [0.1, 0.15) is 12.2 Å². The maximum Gasteiger partial charge on any atom is 0.460 e. The van der Waals surface area contributed by atoms with Gasteiger partial charge in [-0.2, -0.15) is 132 Å². The van der Waals surface area contributed by atoms with Crippen molar-refractivity contribution >= 4 is 0 Å². The highest BCUT2D eigenvalue weighted by Crippen LogP contribution is 2.65. The van der Waals surface area contributed by atoms with Gasteiger partial charge in [0.05, 0.1) is 36.6 Å². The molecule has 8 atom stereocenters. The van der Waals surface area contributed by atoms with Crippen molar-refractivity contribution in [2.45, 2.75) is 296 Å². The highest BCUT2D eigenvalue weighted by Gasteiger charge is 2.95. The van der Waals surface area contributed by atoms with Gasteiger partial charge in [0.25, 0.3) is 0 Å². The van der Waals surface area contributed by atoms with Crippen molar-refractivity contribution < 1.29 is 173 Å². The molecule has 0 aromatic heterocycles. The predicted molar refractivity (Wildman–Crippen MR) is 248 cm³/mol. The number of hydrogen-bond donors (Lipinski definition) is 8. The Balaban J connectivity index is -0.00000147. The summed E-state index contributed by atoms with van der Waals surface area (Å²) < 4.78 is 394. The third-order valence-electron chi connectivity index (χ3n) is 13.0. The lowest BCUT2D eigenvalue weighted by molar-refractivity contribution is -0.458. The van der Waals surface area contributed by atoms with Crippen molar-refractivity contribution in [1.82, 2.24) is 0 Å². The number of hydrogen-bond acceptors (Lipinski definition) is 8. The molecule has 0 aromatic carbocycles. The van der Waals surface area contributed by atoms with Crippen LogP contribution in [0.4, 0.5) is 132 Å². The first kappa shape index (κ1) is 88.8. The summed E-state index contributed by atoms with van der Waals surface area (Å²) in [6, 6.07) is 0. The highest BCUT2D eigenvalue weighted by molar-refractivity contribution is 5.16. The molecule has 0 amide bonds. The van der Waals surface area contributed by atoms with E-state index in [1.165, 1.54) is 70.6 Å². The minimum Gasteiger partial charge on any atom is -0.393 e. The van der Waals surface area contributed by atoms with Gasteiger partial charge in [0.2, 0.25) is 0 Å². The molecule has 38 heteroatoms. The van der Waals surface area contributed by atoms with Gasteiger partial charge in [0, 0.05) is 6.42 Å². The van der Waals surface area contributed by atoms with Crippen LogP contribution in [0.3, 0.4) is 0 Å². The van der Waals surface area contributed by atoms with E-state index in [9.17, 15) is 147 Å². The molecule has 1 aliphatic rings. The molecule has 1 fully saturated rings. The van der Waals surface area contributed by atoms with Crippen molar-refractivity contribution in [2.24, 2.45) is 11.8 Å². The van der Waals surface area contributed by atoms with Crippen molar-refractivity contribution in [1.29, 1.82) is 0 Å². The van der Waals surface area contributed by atoms with Crippen LogP contribution in [0.2, 0.25) is 0 Å². The van der Waals surface area contributed by atoms with E-state index in [-0.39, 0.29) is 36.6 Å². The summed E-state index contributed by atoms with van der Waals surface area (Å²) in [5, 5.41) is 72.9. The fourth-order valence-electron chi connectivity index (χ4n) is 8.06. The van der Waals surface area contributed by atoms with E-state index >= 15 is 0 Å². The Kier molecular flexibility index (Phi) is 34.1. The minimum atomic E-state index is -9.13. The van der Waals surface area contributed by atoms with Crippen LogP contribution < -0.4 is 0 Å². The standard InChI is InChI=1S/C17H6F30O2.C13H28O2.C11H22O2.C8H18O2/c18-4(19,6(22,23)8(26,27)10(30,31)12(34,35)14(38,39)16(42,43)44)2(48)1-3(49)5(20,21)7(24,25)9(28,29)11(32,33)13(36,37)15(40,41)17(45,46)47;1-3-4-5-6-7-8-9-10-13(15)11-12(2)14;1-9(12)7-11(13)8-10-5-3-2-4-6-10;1-6(2)4-8(10)5-7(3)9/h2-3,48-49H,1H2;12-15H,3-11H2,1-2H3;9-13H,2-8H2,1H3;6-10H,4-5H2,1-3H3. The van der Waals surface area contributed by atoms with Gasteiger partial charge < -0.3 is 40.9 Å². The van der Waals surface area contributed by atoms with Crippen LogP contribution in [0, 0.1) is 11.8 Å². The van der Waals surface area contributed by atoms with Gasteiger partial charge in [-0.3, -0.25) is 0 Å². The summed E-state index contributed by atoms with van der Waals surface area (Å²) in [5.41, 5.74) is 0. The summed E-state index contributed by atoms with van der Waals surface area (Å²) in [4.78, 5) is 0. The summed E-state index contributed by atoms with van der Waals surface area (Å²) in [6.45, 7) is 11.5. The van der Waals surface area contributed by atoms with E-state index in [2.05, 4.69) is 20.8 Å². The highest BCUT2D eigenvalue weighted by atomic mass is 19.4. The summed E-state index contributed by atoms with van der Waals surface area (Å²) in [7, 11) is 0. The Morgan fingerprint density at radius 1 is 0.310 bits per heavy atom. The molecular formula is C49H74F30O8. The van der Waals surface area contributed by atoms with Crippen molar-refractivity contribution in [3.05, 3.63) is 0 Å². The third kappa shape index (κ3) is 22.1. The van der Waals surface area contributed by atoms with Crippen molar-refractivity contribution in [2.75, 3.05) is 0 Å². The molecule has 8 N–H and O–H groups in total. The molecule has 0 aromatic rings. The second-order valence-electron chi connectivity index (χ2n) is 21.7. The molecule has 528 valence electrons.